The Balaban J connectivity index is 1.61. The Labute approximate surface area is 165 Å². The molecule has 0 saturated carbocycles. The molecule has 1 amide bonds. The normalized spacial score (nSPS) is 12.9. The van der Waals surface area contributed by atoms with Crippen LogP contribution < -0.4 is 14.8 Å². The number of carbonyl (C=O) groups is 1. The first-order chi connectivity index (χ1) is 13.4. The number of ether oxygens (including phenoxy) is 2. The third kappa shape index (κ3) is 3.45. The zero-order valence-electron chi connectivity index (χ0n) is 15.3. The van der Waals surface area contributed by atoms with E-state index >= 15 is 0 Å². The molecule has 0 unspecified atom stereocenters. The summed E-state index contributed by atoms with van der Waals surface area (Å²) >= 11 is 6.23. The van der Waals surface area contributed by atoms with E-state index in [0.717, 1.165) is 11.6 Å². The lowest BCUT2D eigenvalue weighted by Gasteiger charge is -2.20. The number of benzene rings is 2. The molecule has 1 N–H and O–H groups in total. The molecule has 0 aliphatic carbocycles. The van der Waals surface area contributed by atoms with Gasteiger partial charge in [0.05, 0.1) is 27.5 Å². The molecule has 1 aliphatic rings. The van der Waals surface area contributed by atoms with Crippen LogP contribution in [0.4, 0.5) is 4.39 Å². The molecule has 0 fully saturated rings. The lowest BCUT2D eigenvalue weighted by molar-refractivity contribution is 0.0952. The van der Waals surface area contributed by atoms with Crippen molar-refractivity contribution in [2.45, 2.75) is 20.4 Å². The molecule has 144 valence electrons. The number of nitrogens with one attached hydrogen (secondary N) is 1. The Hall–Kier alpha value is -2.93. The van der Waals surface area contributed by atoms with E-state index in [1.807, 2.05) is 0 Å². The molecule has 1 aliphatic heterocycles. The van der Waals surface area contributed by atoms with E-state index in [1.54, 1.807) is 26.0 Å². The van der Waals surface area contributed by atoms with Gasteiger partial charge in [-0.3, -0.25) is 4.79 Å². The van der Waals surface area contributed by atoms with E-state index in [4.69, 9.17) is 21.1 Å². The summed E-state index contributed by atoms with van der Waals surface area (Å²) < 4.78 is 25.0. The van der Waals surface area contributed by atoms with Crippen molar-refractivity contribution in [1.82, 2.24) is 15.3 Å². The Morgan fingerprint density at radius 3 is 2.71 bits per heavy atom. The number of rotatable bonds is 3. The minimum absolute atomic E-state index is 0.134. The highest BCUT2D eigenvalue weighted by atomic mass is 35.5. The molecule has 0 saturated heterocycles. The topological polar surface area (TPSA) is 73.3 Å². The van der Waals surface area contributed by atoms with Gasteiger partial charge in [-0.2, -0.15) is 0 Å². The molecule has 2 aromatic carbocycles. The fourth-order valence-corrected chi connectivity index (χ4v) is 3.30. The number of aromatic nitrogens is 2. The first-order valence-electron chi connectivity index (χ1n) is 8.73. The number of hydrogen-bond donors (Lipinski definition) is 1. The summed E-state index contributed by atoms with van der Waals surface area (Å²) in [5.41, 5.74) is 2.95. The van der Waals surface area contributed by atoms with Gasteiger partial charge < -0.3 is 14.8 Å². The zero-order chi connectivity index (χ0) is 19.8. The van der Waals surface area contributed by atoms with Crippen LogP contribution in [0.5, 0.6) is 11.5 Å². The van der Waals surface area contributed by atoms with Crippen molar-refractivity contribution in [2.75, 3.05) is 13.2 Å². The van der Waals surface area contributed by atoms with Gasteiger partial charge in [0.2, 0.25) is 0 Å². The maximum atomic E-state index is 14.0. The monoisotopic (exact) mass is 401 g/mol. The van der Waals surface area contributed by atoms with Crippen molar-refractivity contribution >= 4 is 28.5 Å². The van der Waals surface area contributed by atoms with Gasteiger partial charge in [0.15, 0.2) is 11.5 Å². The van der Waals surface area contributed by atoms with Crippen LogP contribution in [0, 0.1) is 19.7 Å². The summed E-state index contributed by atoms with van der Waals surface area (Å²) in [5, 5.41) is 3.19. The molecule has 1 aromatic heterocycles. The first kappa shape index (κ1) is 18.4. The Morgan fingerprint density at radius 1 is 1.14 bits per heavy atom. The molecule has 2 heterocycles. The van der Waals surface area contributed by atoms with Gasteiger partial charge in [-0.25, -0.2) is 14.4 Å². The first-order valence-corrected chi connectivity index (χ1v) is 9.11. The molecule has 28 heavy (non-hydrogen) atoms. The van der Waals surface area contributed by atoms with E-state index in [2.05, 4.69) is 15.3 Å². The fourth-order valence-electron chi connectivity index (χ4n) is 3.01. The van der Waals surface area contributed by atoms with Crippen LogP contribution in [0.2, 0.25) is 5.02 Å². The van der Waals surface area contributed by atoms with E-state index in [1.165, 1.54) is 6.07 Å². The fraction of sp³-hybridized carbons (Fsp3) is 0.250. The Morgan fingerprint density at radius 2 is 1.89 bits per heavy atom. The third-order valence-electron chi connectivity index (χ3n) is 4.50. The maximum absolute atomic E-state index is 14.0. The van der Waals surface area contributed by atoms with Crippen LogP contribution in [0.3, 0.4) is 0 Å². The van der Waals surface area contributed by atoms with E-state index in [9.17, 15) is 9.18 Å². The van der Waals surface area contributed by atoms with Crippen molar-refractivity contribution in [2.24, 2.45) is 0 Å². The van der Waals surface area contributed by atoms with Gasteiger partial charge in [-0.05, 0) is 37.6 Å². The Kier molecular flexibility index (Phi) is 4.77. The second-order valence-electron chi connectivity index (χ2n) is 6.50. The van der Waals surface area contributed by atoms with Crippen molar-refractivity contribution in [3.63, 3.8) is 0 Å². The molecule has 0 bridgehead atoms. The molecular formula is C20H17ClFN3O3. The van der Waals surface area contributed by atoms with Gasteiger partial charge in [0.25, 0.3) is 5.91 Å². The van der Waals surface area contributed by atoms with Crippen LogP contribution >= 0.6 is 11.6 Å². The molecule has 6 nitrogen and oxygen atoms in total. The highest BCUT2D eigenvalue weighted by molar-refractivity contribution is 6.32. The molecule has 4 rings (SSSR count). The summed E-state index contributed by atoms with van der Waals surface area (Å²) in [4.78, 5) is 21.5. The average Bonchev–Trinajstić information content (AvgIpc) is 2.67. The van der Waals surface area contributed by atoms with Gasteiger partial charge in [-0.15, -0.1) is 0 Å². The largest absolute Gasteiger partial charge is 0.486 e. The molecule has 0 spiro atoms. The number of hydrogen-bond acceptors (Lipinski definition) is 5. The second-order valence-corrected chi connectivity index (χ2v) is 6.91. The van der Waals surface area contributed by atoms with Crippen molar-refractivity contribution in [3.8, 4) is 11.5 Å². The highest BCUT2D eigenvalue weighted by Crippen LogP contribution is 2.38. The van der Waals surface area contributed by atoms with Gasteiger partial charge in [0.1, 0.15) is 24.5 Å². The van der Waals surface area contributed by atoms with Crippen LogP contribution in [-0.2, 0) is 6.54 Å². The van der Waals surface area contributed by atoms with Crippen molar-refractivity contribution in [3.05, 3.63) is 57.6 Å². The Bertz CT molecular complexity index is 1100. The maximum Gasteiger partial charge on any atom is 0.253 e. The second kappa shape index (κ2) is 7.24. The predicted octanol–water partition coefficient (Wildman–Crippen LogP) is 3.74. The van der Waals surface area contributed by atoms with Gasteiger partial charge >= 0.3 is 0 Å². The zero-order valence-corrected chi connectivity index (χ0v) is 16.1. The summed E-state index contributed by atoms with van der Waals surface area (Å²) in [5.74, 6) is 0.0436. The number of aryl methyl sites for hydroxylation is 2. The lowest BCUT2D eigenvalue weighted by Crippen LogP contribution is -2.24. The van der Waals surface area contributed by atoms with Crippen LogP contribution in [-0.4, -0.2) is 29.1 Å². The van der Waals surface area contributed by atoms with Crippen LogP contribution in [0.1, 0.15) is 27.3 Å². The van der Waals surface area contributed by atoms with E-state index < -0.39 is 11.7 Å². The van der Waals surface area contributed by atoms with Gasteiger partial charge in [0, 0.05) is 12.6 Å². The lowest BCUT2D eigenvalue weighted by atomic mass is 10.1. The van der Waals surface area contributed by atoms with Crippen molar-refractivity contribution < 1.29 is 18.7 Å². The number of amides is 1. The summed E-state index contributed by atoms with van der Waals surface area (Å²) in [6.45, 7) is 4.65. The number of nitrogens with zero attached hydrogens (tertiary/aromatic N) is 2. The third-order valence-corrected chi connectivity index (χ3v) is 4.78. The molecule has 8 heteroatoms. The van der Waals surface area contributed by atoms with Crippen LogP contribution in [0.15, 0.2) is 24.3 Å². The standard InChI is InChI=1S/C20H17ClFN3O3/c1-10-11(2)25-18-14(7-13(22)8-16(18)24-10)20(26)23-9-12-5-15(21)19-17(6-12)27-3-4-28-19/h5-8H,3-4,9H2,1-2H3,(H,23,26). The number of halogens is 2. The molecule has 0 atom stereocenters. The predicted molar refractivity (Wildman–Crippen MR) is 103 cm³/mol. The number of carbonyl (C=O) groups excluding carboxylic acids is 1. The van der Waals surface area contributed by atoms with E-state index in [-0.39, 0.29) is 12.1 Å². The SMILES string of the molecule is Cc1nc2cc(F)cc(C(=O)NCc3cc(Cl)c4c(c3)OCCO4)c2nc1C. The van der Waals surface area contributed by atoms with Crippen molar-refractivity contribution in [1.29, 1.82) is 0 Å². The minimum atomic E-state index is -0.544. The smallest absolute Gasteiger partial charge is 0.253 e. The summed E-state index contributed by atoms with van der Waals surface area (Å²) in [6, 6.07) is 5.90. The minimum Gasteiger partial charge on any atom is -0.486 e. The van der Waals surface area contributed by atoms with E-state index in [0.29, 0.717) is 52.2 Å². The summed E-state index contributed by atoms with van der Waals surface area (Å²) in [7, 11) is 0. The van der Waals surface area contributed by atoms with Gasteiger partial charge in [-0.1, -0.05) is 11.6 Å². The summed E-state index contributed by atoms with van der Waals surface area (Å²) in [6.07, 6.45) is 0. The average molecular weight is 402 g/mol. The quantitative estimate of drug-likeness (QED) is 0.723. The van der Waals surface area contributed by atoms with Crippen LogP contribution in [0.25, 0.3) is 11.0 Å². The molecule has 3 aromatic rings. The highest BCUT2D eigenvalue weighted by Gasteiger charge is 2.18. The molecule has 0 radical (unpaired) electrons. The number of fused-ring (bicyclic) bond motifs is 2. The molecular weight excluding hydrogens is 385 g/mol.